The molecule has 29 heavy (non-hydrogen) atoms. The van der Waals surface area contributed by atoms with Crippen molar-refractivity contribution in [2.75, 3.05) is 5.43 Å². The number of nitrogens with zero attached hydrogens (tertiary/aromatic N) is 3. The molecular weight excluding hydrogens is 376 g/mol. The first-order valence-corrected chi connectivity index (χ1v) is 8.44. The summed E-state index contributed by atoms with van der Waals surface area (Å²) in [6.45, 7) is 0.224. The number of rotatable bonds is 8. The monoisotopic (exact) mass is 391 g/mol. The highest BCUT2D eigenvalue weighted by Crippen LogP contribution is 2.15. The number of hydrogen-bond donors (Lipinski definition) is 1. The second-order valence-corrected chi connectivity index (χ2v) is 5.87. The number of aromatic carboxylic acids is 1. The molecule has 0 atom stereocenters. The smallest absolute Gasteiger partial charge is 0.287 e. The Balaban J connectivity index is 1.53. The molecule has 9 heteroatoms. The lowest BCUT2D eigenvalue weighted by Gasteiger charge is -2.08. The number of carboxylic acids is 1. The number of nitrogens with one attached hydrogen (secondary N) is 1. The number of ether oxygens (including phenoxy) is 1. The van der Waals surface area contributed by atoms with Crippen LogP contribution in [0.4, 0.5) is 11.5 Å². The van der Waals surface area contributed by atoms with E-state index in [0.717, 1.165) is 17.3 Å². The van der Waals surface area contributed by atoms with Gasteiger partial charge in [0, 0.05) is 6.07 Å². The van der Waals surface area contributed by atoms with Crippen molar-refractivity contribution >= 4 is 23.7 Å². The van der Waals surface area contributed by atoms with Gasteiger partial charge in [0.15, 0.2) is 0 Å². The third-order valence-electron chi connectivity index (χ3n) is 3.80. The number of carboxylic acid groups (broad SMARTS) is 1. The Labute approximate surface area is 165 Å². The molecule has 0 spiro atoms. The highest BCUT2D eigenvalue weighted by atomic mass is 16.6. The van der Waals surface area contributed by atoms with Crippen LogP contribution < -0.4 is 15.3 Å². The molecule has 0 aliphatic rings. The number of nitro groups is 1. The Kier molecular flexibility index (Phi) is 6.11. The number of pyridine rings is 1. The summed E-state index contributed by atoms with van der Waals surface area (Å²) >= 11 is 0. The standard InChI is InChI=1S/C20H16N4O5/c25-20(26)16-3-1-2-15(10-16)13-29-18-7-4-14(5-8-18)11-22-23-19-9-6-17(12-21-19)24(27)28/h1-12H,13H2,(H,21,23)(H,25,26)/p-1/b22-11-. The van der Waals surface area contributed by atoms with E-state index in [1.165, 1.54) is 24.3 Å². The third-order valence-corrected chi connectivity index (χ3v) is 3.80. The average molecular weight is 391 g/mol. The first-order chi connectivity index (χ1) is 14.0. The molecule has 1 N–H and O–H groups in total. The van der Waals surface area contributed by atoms with Gasteiger partial charge in [0.1, 0.15) is 24.4 Å². The van der Waals surface area contributed by atoms with Gasteiger partial charge in [0.25, 0.3) is 5.69 Å². The van der Waals surface area contributed by atoms with Crippen molar-refractivity contribution in [2.24, 2.45) is 5.10 Å². The molecule has 1 aromatic heterocycles. The number of carbonyl (C=O) groups excluding carboxylic acids is 1. The van der Waals surface area contributed by atoms with Crippen LogP contribution in [0.15, 0.2) is 72.0 Å². The van der Waals surface area contributed by atoms with E-state index in [1.807, 2.05) is 0 Å². The summed E-state index contributed by atoms with van der Waals surface area (Å²) in [6, 6.07) is 16.3. The highest BCUT2D eigenvalue weighted by Gasteiger charge is 2.04. The number of aromatic nitrogens is 1. The van der Waals surface area contributed by atoms with Gasteiger partial charge in [-0.1, -0.05) is 18.2 Å². The number of hydrazone groups is 1. The zero-order valence-corrected chi connectivity index (χ0v) is 15.0. The molecule has 0 aliphatic carbocycles. The first-order valence-electron chi connectivity index (χ1n) is 8.44. The summed E-state index contributed by atoms with van der Waals surface area (Å²) < 4.78 is 5.65. The number of hydrogen-bond acceptors (Lipinski definition) is 8. The summed E-state index contributed by atoms with van der Waals surface area (Å²) in [7, 11) is 0. The van der Waals surface area contributed by atoms with Crippen LogP contribution in [-0.4, -0.2) is 22.1 Å². The van der Waals surface area contributed by atoms with E-state index in [4.69, 9.17) is 4.74 Å². The Morgan fingerprint density at radius 3 is 2.62 bits per heavy atom. The number of anilines is 1. The molecule has 0 aliphatic heterocycles. The van der Waals surface area contributed by atoms with Crippen LogP contribution in [0.3, 0.4) is 0 Å². The minimum absolute atomic E-state index is 0.0959. The van der Waals surface area contributed by atoms with Gasteiger partial charge in [-0.2, -0.15) is 5.10 Å². The summed E-state index contributed by atoms with van der Waals surface area (Å²) in [5.74, 6) is -0.232. The van der Waals surface area contributed by atoms with Crippen molar-refractivity contribution in [1.82, 2.24) is 4.98 Å². The van der Waals surface area contributed by atoms with Crippen LogP contribution in [0.2, 0.25) is 0 Å². The van der Waals surface area contributed by atoms with E-state index in [-0.39, 0.29) is 17.9 Å². The zero-order chi connectivity index (χ0) is 20.6. The van der Waals surface area contributed by atoms with Crippen molar-refractivity contribution < 1.29 is 19.6 Å². The van der Waals surface area contributed by atoms with Crippen LogP contribution in [0.5, 0.6) is 5.75 Å². The maximum Gasteiger partial charge on any atom is 0.287 e. The second-order valence-electron chi connectivity index (χ2n) is 5.87. The lowest BCUT2D eigenvalue weighted by atomic mass is 10.1. The van der Waals surface area contributed by atoms with Crippen molar-refractivity contribution in [1.29, 1.82) is 0 Å². The molecule has 2 aromatic carbocycles. The first kappa shape index (κ1) is 19.5. The second kappa shape index (κ2) is 9.09. The quantitative estimate of drug-likeness (QED) is 0.354. The van der Waals surface area contributed by atoms with E-state index >= 15 is 0 Å². The van der Waals surface area contributed by atoms with Crippen molar-refractivity contribution in [3.05, 3.63) is 93.7 Å². The lowest BCUT2D eigenvalue weighted by molar-refractivity contribution is -0.385. The molecule has 1 heterocycles. The summed E-state index contributed by atoms with van der Waals surface area (Å²) in [6.07, 6.45) is 2.71. The summed E-state index contributed by atoms with van der Waals surface area (Å²) in [5, 5.41) is 25.5. The molecule has 0 saturated carbocycles. The number of benzene rings is 2. The van der Waals surface area contributed by atoms with Gasteiger partial charge in [0.2, 0.25) is 0 Å². The Hall–Kier alpha value is -4.27. The van der Waals surface area contributed by atoms with E-state index < -0.39 is 10.9 Å². The van der Waals surface area contributed by atoms with Crippen molar-refractivity contribution in [3.8, 4) is 5.75 Å². The number of carbonyl (C=O) groups is 1. The Morgan fingerprint density at radius 1 is 1.17 bits per heavy atom. The summed E-state index contributed by atoms with van der Waals surface area (Å²) in [4.78, 5) is 24.8. The molecule has 0 fully saturated rings. The Bertz CT molecular complexity index is 1030. The van der Waals surface area contributed by atoms with Crippen molar-refractivity contribution in [2.45, 2.75) is 6.61 Å². The predicted molar refractivity (Wildman–Crippen MR) is 104 cm³/mol. The van der Waals surface area contributed by atoms with Crippen LogP contribution in [0.25, 0.3) is 0 Å². The average Bonchev–Trinajstić information content (AvgIpc) is 2.74. The highest BCUT2D eigenvalue weighted by molar-refractivity contribution is 5.85. The SMILES string of the molecule is O=C([O-])c1cccc(COc2ccc(/C=N\Nc3ccc([N+](=O)[O-])cn3)cc2)c1. The fraction of sp³-hybridized carbons (Fsp3) is 0.0500. The normalized spacial score (nSPS) is 10.6. The molecule has 3 rings (SSSR count). The molecule has 0 bridgehead atoms. The van der Waals surface area contributed by atoms with Gasteiger partial charge in [-0.05, 0) is 53.1 Å². The fourth-order valence-corrected chi connectivity index (χ4v) is 2.34. The largest absolute Gasteiger partial charge is 0.545 e. The maximum atomic E-state index is 10.9. The van der Waals surface area contributed by atoms with Crippen LogP contribution in [0, 0.1) is 10.1 Å². The van der Waals surface area contributed by atoms with Gasteiger partial charge in [-0.25, -0.2) is 4.98 Å². The van der Waals surface area contributed by atoms with Gasteiger partial charge >= 0.3 is 0 Å². The molecule has 0 amide bonds. The van der Waals surface area contributed by atoms with Gasteiger partial charge in [-0.15, -0.1) is 0 Å². The van der Waals surface area contributed by atoms with E-state index in [2.05, 4.69) is 15.5 Å². The molecule has 3 aromatic rings. The molecule has 0 unspecified atom stereocenters. The summed E-state index contributed by atoms with van der Waals surface area (Å²) in [5.41, 5.74) is 4.21. The van der Waals surface area contributed by atoms with E-state index in [0.29, 0.717) is 11.6 Å². The zero-order valence-electron chi connectivity index (χ0n) is 15.0. The van der Waals surface area contributed by atoms with E-state index in [9.17, 15) is 20.0 Å². The van der Waals surface area contributed by atoms with E-state index in [1.54, 1.807) is 42.6 Å². The maximum absolute atomic E-state index is 10.9. The van der Waals surface area contributed by atoms with Crippen LogP contribution in [0.1, 0.15) is 21.5 Å². The molecule has 0 saturated heterocycles. The minimum Gasteiger partial charge on any atom is -0.545 e. The fourth-order valence-electron chi connectivity index (χ4n) is 2.34. The molecule has 9 nitrogen and oxygen atoms in total. The predicted octanol–water partition coefficient (Wildman–Crippen LogP) is 2.38. The molecule has 146 valence electrons. The van der Waals surface area contributed by atoms with Crippen molar-refractivity contribution in [3.63, 3.8) is 0 Å². The topological polar surface area (TPSA) is 130 Å². The lowest BCUT2D eigenvalue weighted by Crippen LogP contribution is -2.22. The molecular formula is C20H15N4O5-. The Morgan fingerprint density at radius 2 is 1.97 bits per heavy atom. The van der Waals surface area contributed by atoms with Gasteiger partial charge in [0.05, 0.1) is 17.1 Å². The third kappa shape index (κ3) is 5.60. The van der Waals surface area contributed by atoms with Gasteiger partial charge in [-0.3, -0.25) is 15.5 Å². The minimum atomic E-state index is -1.23. The van der Waals surface area contributed by atoms with Gasteiger partial charge < -0.3 is 14.6 Å². The molecule has 0 radical (unpaired) electrons. The van der Waals surface area contributed by atoms with Crippen LogP contribution in [-0.2, 0) is 6.61 Å². The van der Waals surface area contributed by atoms with Crippen LogP contribution >= 0.6 is 0 Å².